The van der Waals surface area contributed by atoms with E-state index in [4.69, 9.17) is 0 Å². The molecule has 0 bridgehead atoms. The monoisotopic (exact) mass is 393 g/mol. The van der Waals surface area contributed by atoms with Crippen molar-refractivity contribution in [2.45, 2.75) is 19.5 Å². The Morgan fingerprint density at radius 2 is 1.90 bits per heavy atom. The second kappa shape index (κ2) is 9.73. The van der Waals surface area contributed by atoms with Crippen molar-refractivity contribution >= 4 is 17.8 Å². The third-order valence-corrected chi connectivity index (χ3v) is 4.86. The predicted molar refractivity (Wildman–Crippen MR) is 114 cm³/mol. The minimum absolute atomic E-state index is 0.115. The molecule has 29 heavy (non-hydrogen) atoms. The van der Waals surface area contributed by atoms with Gasteiger partial charge in [-0.25, -0.2) is 0 Å². The molecule has 0 aromatic heterocycles. The highest BCUT2D eigenvalue weighted by Gasteiger charge is 2.22. The molecule has 0 radical (unpaired) electrons. The van der Waals surface area contributed by atoms with Gasteiger partial charge in [-0.2, -0.15) is 0 Å². The lowest BCUT2D eigenvalue weighted by Gasteiger charge is -2.26. The van der Waals surface area contributed by atoms with Crippen LogP contribution in [0.1, 0.15) is 34.5 Å². The van der Waals surface area contributed by atoms with E-state index in [1.54, 1.807) is 24.1 Å². The van der Waals surface area contributed by atoms with Crippen molar-refractivity contribution in [3.8, 4) is 0 Å². The molecule has 1 atom stereocenters. The number of nitrogens with zero attached hydrogens (tertiary/aromatic N) is 2. The predicted octanol–water partition coefficient (Wildman–Crippen LogP) is 1.68. The maximum absolute atomic E-state index is 12.5. The first kappa shape index (κ1) is 20.4. The molecule has 3 N–H and O–H groups in total. The topological polar surface area (TPSA) is 85.8 Å². The summed E-state index contributed by atoms with van der Waals surface area (Å²) in [5.74, 6) is 0.475. The average Bonchev–Trinajstić information content (AvgIpc) is 2.77. The van der Waals surface area contributed by atoms with Gasteiger partial charge in [0.05, 0.1) is 12.6 Å². The zero-order chi connectivity index (χ0) is 20.6. The summed E-state index contributed by atoms with van der Waals surface area (Å²) in [7, 11) is 1.74. The van der Waals surface area contributed by atoms with Gasteiger partial charge < -0.3 is 20.9 Å². The molecule has 2 amide bonds. The first-order valence-corrected chi connectivity index (χ1v) is 9.74. The molecule has 1 aliphatic heterocycles. The Morgan fingerprint density at radius 3 is 2.55 bits per heavy atom. The number of carbonyl (C=O) groups excluding carboxylic acids is 2. The number of benzene rings is 2. The number of hydrogen-bond acceptors (Lipinski definition) is 3. The molecule has 2 aromatic rings. The SMILES string of the molecule is CN=C(NCc1ccc(C(=O)N2CCNC(=O)C2)cc1)NC(C)c1ccccc1. The van der Waals surface area contributed by atoms with Gasteiger partial charge in [0, 0.05) is 32.2 Å². The lowest BCUT2D eigenvalue weighted by atomic mass is 10.1. The van der Waals surface area contributed by atoms with E-state index in [-0.39, 0.29) is 24.4 Å². The Bertz CT molecular complexity index is 865. The summed E-state index contributed by atoms with van der Waals surface area (Å²) < 4.78 is 0. The summed E-state index contributed by atoms with van der Waals surface area (Å²) in [5, 5.41) is 9.39. The van der Waals surface area contributed by atoms with Crippen LogP contribution in [-0.4, -0.2) is 49.4 Å². The van der Waals surface area contributed by atoms with Crippen LogP contribution in [-0.2, 0) is 11.3 Å². The van der Waals surface area contributed by atoms with Crippen molar-refractivity contribution < 1.29 is 9.59 Å². The van der Waals surface area contributed by atoms with Crippen molar-refractivity contribution in [2.75, 3.05) is 26.7 Å². The Morgan fingerprint density at radius 1 is 1.17 bits per heavy atom. The number of hydrogen-bond donors (Lipinski definition) is 3. The van der Waals surface area contributed by atoms with Crippen LogP contribution >= 0.6 is 0 Å². The fraction of sp³-hybridized carbons (Fsp3) is 0.318. The van der Waals surface area contributed by atoms with Crippen molar-refractivity contribution in [1.29, 1.82) is 0 Å². The molecule has 0 spiro atoms. The standard InChI is InChI=1S/C22H27N5O2/c1-16(18-6-4-3-5-7-18)26-22(23-2)25-14-17-8-10-19(11-9-17)21(29)27-13-12-24-20(28)15-27/h3-11,16H,12-15H2,1-2H3,(H,24,28)(H2,23,25,26). The number of guanidine groups is 1. The van der Waals surface area contributed by atoms with Gasteiger partial charge in [0.15, 0.2) is 5.96 Å². The number of amides is 2. The van der Waals surface area contributed by atoms with Crippen LogP contribution in [0.25, 0.3) is 0 Å². The fourth-order valence-electron chi connectivity index (χ4n) is 3.17. The smallest absolute Gasteiger partial charge is 0.254 e. The molecular formula is C22H27N5O2. The highest BCUT2D eigenvalue weighted by Crippen LogP contribution is 2.11. The van der Waals surface area contributed by atoms with E-state index in [0.717, 1.165) is 5.56 Å². The third-order valence-electron chi connectivity index (χ3n) is 4.86. The van der Waals surface area contributed by atoms with Gasteiger partial charge in [-0.05, 0) is 30.2 Å². The summed E-state index contributed by atoms with van der Waals surface area (Å²) in [6, 6.07) is 17.7. The number of piperazine rings is 1. The van der Waals surface area contributed by atoms with Crippen LogP contribution in [0.15, 0.2) is 59.6 Å². The normalized spacial score (nSPS) is 15.4. The Balaban J connectivity index is 1.53. The summed E-state index contributed by atoms with van der Waals surface area (Å²) >= 11 is 0. The molecule has 7 nitrogen and oxygen atoms in total. The molecular weight excluding hydrogens is 366 g/mol. The highest BCUT2D eigenvalue weighted by molar-refractivity contribution is 5.97. The largest absolute Gasteiger partial charge is 0.353 e. The van der Waals surface area contributed by atoms with Crippen LogP contribution < -0.4 is 16.0 Å². The molecule has 1 unspecified atom stereocenters. The van der Waals surface area contributed by atoms with Gasteiger partial charge >= 0.3 is 0 Å². The molecule has 1 aliphatic rings. The maximum Gasteiger partial charge on any atom is 0.254 e. The third kappa shape index (κ3) is 5.57. The van der Waals surface area contributed by atoms with Crippen molar-refractivity contribution in [3.63, 3.8) is 0 Å². The zero-order valence-corrected chi connectivity index (χ0v) is 16.8. The molecule has 1 heterocycles. The number of carbonyl (C=O) groups is 2. The minimum Gasteiger partial charge on any atom is -0.353 e. The fourth-order valence-corrected chi connectivity index (χ4v) is 3.17. The molecule has 152 valence electrons. The van der Waals surface area contributed by atoms with Crippen molar-refractivity contribution in [3.05, 3.63) is 71.3 Å². The van der Waals surface area contributed by atoms with Gasteiger partial charge in [-0.15, -0.1) is 0 Å². The molecule has 0 saturated carbocycles. The summed E-state index contributed by atoms with van der Waals surface area (Å²) in [6.45, 7) is 3.82. The molecule has 0 aliphatic carbocycles. The maximum atomic E-state index is 12.5. The van der Waals surface area contributed by atoms with Crippen LogP contribution in [0.4, 0.5) is 0 Å². The van der Waals surface area contributed by atoms with Crippen LogP contribution in [0.3, 0.4) is 0 Å². The lowest BCUT2D eigenvalue weighted by molar-refractivity contribution is -0.123. The molecule has 3 rings (SSSR count). The van der Waals surface area contributed by atoms with Crippen molar-refractivity contribution in [1.82, 2.24) is 20.9 Å². The Labute approximate surface area is 171 Å². The zero-order valence-electron chi connectivity index (χ0n) is 16.8. The quantitative estimate of drug-likeness (QED) is 0.533. The van der Waals surface area contributed by atoms with Gasteiger partial charge in [0.25, 0.3) is 5.91 Å². The number of nitrogens with one attached hydrogen (secondary N) is 3. The van der Waals surface area contributed by atoms with Gasteiger partial charge in [-0.3, -0.25) is 14.6 Å². The molecule has 1 fully saturated rings. The number of rotatable bonds is 5. The molecule has 2 aromatic carbocycles. The van der Waals surface area contributed by atoms with E-state index in [0.29, 0.717) is 31.2 Å². The first-order chi connectivity index (χ1) is 14.1. The Hall–Kier alpha value is -3.35. The number of aliphatic imine (C=N–C) groups is 1. The van der Waals surface area contributed by atoms with Crippen LogP contribution in [0.2, 0.25) is 0 Å². The first-order valence-electron chi connectivity index (χ1n) is 9.74. The van der Waals surface area contributed by atoms with E-state index in [2.05, 4.69) is 40.0 Å². The highest BCUT2D eigenvalue weighted by atomic mass is 16.2. The van der Waals surface area contributed by atoms with Crippen molar-refractivity contribution in [2.24, 2.45) is 4.99 Å². The minimum atomic E-state index is -0.117. The van der Waals surface area contributed by atoms with E-state index in [1.807, 2.05) is 30.3 Å². The van der Waals surface area contributed by atoms with Gasteiger partial charge in [-0.1, -0.05) is 42.5 Å². The molecule has 1 saturated heterocycles. The van der Waals surface area contributed by atoms with E-state index in [9.17, 15) is 9.59 Å². The second-order valence-corrected chi connectivity index (χ2v) is 6.98. The van der Waals surface area contributed by atoms with E-state index in [1.165, 1.54) is 5.56 Å². The van der Waals surface area contributed by atoms with E-state index >= 15 is 0 Å². The average molecular weight is 393 g/mol. The lowest BCUT2D eigenvalue weighted by Crippen LogP contribution is -2.49. The Kier molecular flexibility index (Phi) is 6.84. The van der Waals surface area contributed by atoms with Gasteiger partial charge in [0.1, 0.15) is 0 Å². The van der Waals surface area contributed by atoms with Crippen LogP contribution in [0.5, 0.6) is 0 Å². The summed E-state index contributed by atoms with van der Waals surface area (Å²) in [6.07, 6.45) is 0. The second-order valence-electron chi connectivity index (χ2n) is 6.98. The van der Waals surface area contributed by atoms with Crippen LogP contribution in [0, 0.1) is 0 Å². The molecule has 7 heteroatoms. The summed E-state index contributed by atoms with van der Waals surface area (Å²) in [5.41, 5.74) is 2.81. The van der Waals surface area contributed by atoms with Gasteiger partial charge in [0.2, 0.25) is 5.91 Å². The van der Waals surface area contributed by atoms with E-state index < -0.39 is 0 Å². The summed E-state index contributed by atoms with van der Waals surface area (Å²) in [4.78, 5) is 29.9.